The summed E-state index contributed by atoms with van der Waals surface area (Å²) in [5.74, 6) is -0.181. The maximum Gasteiger partial charge on any atom is 0.324 e. The number of likely N-dealkylation sites (N-methyl/N-ethyl adjacent to an activating group) is 1. The van der Waals surface area contributed by atoms with E-state index in [1.807, 2.05) is 13.8 Å². The van der Waals surface area contributed by atoms with Crippen molar-refractivity contribution in [1.29, 1.82) is 0 Å². The van der Waals surface area contributed by atoms with Crippen molar-refractivity contribution in [3.8, 4) is 0 Å². The van der Waals surface area contributed by atoms with Gasteiger partial charge in [0.2, 0.25) is 0 Å². The highest BCUT2D eigenvalue weighted by atomic mass is 16.5. The van der Waals surface area contributed by atoms with Gasteiger partial charge in [-0.25, -0.2) is 0 Å². The first-order valence-corrected chi connectivity index (χ1v) is 7.11. The third-order valence-corrected chi connectivity index (χ3v) is 2.99. The molecule has 0 radical (unpaired) electrons. The lowest BCUT2D eigenvalue weighted by Gasteiger charge is -2.27. The topological polar surface area (TPSA) is 44.8 Å². The summed E-state index contributed by atoms with van der Waals surface area (Å²) in [6.45, 7) is 9.92. The third-order valence-electron chi connectivity index (χ3n) is 2.99. The largest absolute Gasteiger partial charge is 0.468 e. The molecule has 0 saturated heterocycles. The zero-order valence-electron chi connectivity index (χ0n) is 13.4. The van der Waals surface area contributed by atoms with Crippen LogP contribution in [0.4, 0.5) is 0 Å². The van der Waals surface area contributed by atoms with Crippen molar-refractivity contribution in [3.63, 3.8) is 0 Å². The lowest BCUT2D eigenvalue weighted by molar-refractivity contribution is -0.143. The highest BCUT2D eigenvalue weighted by molar-refractivity contribution is 5.75. The molecule has 0 aromatic heterocycles. The maximum atomic E-state index is 11.8. The molecule has 5 heteroatoms. The zero-order chi connectivity index (χ0) is 14.8. The molecule has 0 aliphatic heterocycles. The Morgan fingerprint density at radius 3 is 2.32 bits per heavy atom. The molecule has 0 saturated carbocycles. The van der Waals surface area contributed by atoms with Crippen LogP contribution in [-0.4, -0.2) is 75.2 Å². The van der Waals surface area contributed by atoms with E-state index in [0.29, 0.717) is 6.54 Å². The number of ether oxygens (including phenoxy) is 1. The predicted octanol–water partition coefficient (Wildman–Crippen LogP) is 0.800. The van der Waals surface area contributed by atoms with Crippen LogP contribution in [-0.2, 0) is 9.53 Å². The van der Waals surface area contributed by atoms with E-state index in [9.17, 15) is 4.79 Å². The average molecular weight is 273 g/mol. The average Bonchev–Trinajstić information content (AvgIpc) is 2.34. The van der Waals surface area contributed by atoms with Crippen molar-refractivity contribution in [2.75, 3.05) is 47.4 Å². The monoisotopic (exact) mass is 273 g/mol. The molecule has 0 heterocycles. The number of hydrogen-bond acceptors (Lipinski definition) is 5. The Hall–Kier alpha value is -0.650. The summed E-state index contributed by atoms with van der Waals surface area (Å²) in [4.78, 5) is 16.2. The molecule has 0 aromatic carbocycles. The molecule has 0 aromatic rings. The molecule has 0 aliphatic carbocycles. The lowest BCUT2D eigenvalue weighted by atomic mass is 10.2. The highest BCUT2D eigenvalue weighted by Crippen LogP contribution is 1.99. The Bertz CT molecular complexity index is 245. The molecule has 114 valence electrons. The molecular formula is C14H31N3O2. The minimum atomic E-state index is -0.246. The molecule has 0 amide bonds. The summed E-state index contributed by atoms with van der Waals surface area (Å²) < 4.78 is 4.86. The smallest absolute Gasteiger partial charge is 0.324 e. The number of nitrogens with one attached hydrogen (secondary N) is 1. The Labute approximate surface area is 118 Å². The van der Waals surface area contributed by atoms with Gasteiger partial charge in [-0.2, -0.15) is 0 Å². The van der Waals surface area contributed by atoms with Crippen LogP contribution in [0.2, 0.25) is 0 Å². The molecule has 0 fully saturated rings. The van der Waals surface area contributed by atoms with Gasteiger partial charge in [0.1, 0.15) is 6.04 Å². The van der Waals surface area contributed by atoms with Gasteiger partial charge in [-0.3, -0.25) is 4.79 Å². The molecule has 1 atom stereocenters. The van der Waals surface area contributed by atoms with Crippen LogP contribution in [0, 0.1) is 0 Å². The van der Waals surface area contributed by atoms with Crippen molar-refractivity contribution in [2.24, 2.45) is 0 Å². The second kappa shape index (κ2) is 10.2. The van der Waals surface area contributed by atoms with Gasteiger partial charge in [-0.1, -0.05) is 20.8 Å². The summed E-state index contributed by atoms with van der Waals surface area (Å²) in [7, 11) is 5.60. The first kappa shape index (κ1) is 18.4. The van der Waals surface area contributed by atoms with Gasteiger partial charge in [-0.05, 0) is 40.2 Å². The number of nitrogens with zero attached hydrogens (tertiary/aromatic N) is 2. The molecule has 0 bridgehead atoms. The van der Waals surface area contributed by atoms with Crippen LogP contribution in [0.15, 0.2) is 0 Å². The number of hydrogen-bond donors (Lipinski definition) is 1. The van der Waals surface area contributed by atoms with E-state index in [1.54, 1.807) is 0 Å². The van der Waals surface area contributed by atoms with Crippen LogP contribution in [0.1, 0.15) is 27.2 Å². The molecule has 1 N–H and O–H groups in total. The zero-order valence-corrected chi connectivity index (χ0v) is 13.4. The standard InChI is InChI=1S/C14H31N3O2/c1-7-17(10-8-9-16(4)5)11-13(14(18)19-6)15-12(2)3/h12-13,15H,7-11H2,1-6H3. The Morgan fingerprint density at radius 2 is 1.89 bits per heavy atom. The molecule has 0 spiro atoms. The van der Waals surface area contributed by atoms with Crippen molar-refractivity contribution in [2.45, 2.75) is 39.3 Å². The van der Waals surface area contributed by atoms with Crippen LogP contribution >= 0.6 is 0 Å². The van der Waals surface area contributed by atoms with E-state index in [2.05, 4.69) is 36.1 Å². The fourth-order valence-electron chi connectivity index (χ4n) is 1.99. The SMILES string of the molecule is CCN(CCCN(C)C)CC(NC(C)C)C(=O)OC. The Kier molecular flexibility index (Phi) is 9.83. The number of esters is 1. The quantitative estimate of drug-likeness (QED) is 0.597. The minimum Gasteiger partial charge on any atom is -0.468 e. The Balaban J connectivity index is 4.30. The minimum absolute atomic E-state index is 0.181. The molecule has 0 aliphatic rings. The molecule has 1 unspecified atom stereocenters. The maximum absolute atomic E-state index is 11.8. The molecule has 19 heavy (non-hydrogen) atoms. The van der Waals surface area contributed by atoms with E-state index in [0.717, 1.165) is 26.1 Å². The van der Waals surface area contributed by atoms with Crippen molar-refractivity contribution >= 4 is 5.97 Å². The summed E-state index contributed by atoms with van der Waals surface area (Å²) in [5, 5.41) is 3.27. The van der Waals surface area contributed by atoms with Crippen LogP contribution in [0.25, 0.3) is 0 Å². The van der Waals surface area contributed by atoms with Crippen LogP contribution in [0.3, 0.4) is 0 Å². The fraction of sp³-hybridized carbons (Fsp3) is 0.929. The summed E-state index contributed by atoms with van der Waals surface area (Å²) in [6.07, 6.45) is 1.11. The second-order valence-electron chi connectivity index (χ2n) is 5.45. The van der Waals surface area contributed by atoms with E-state index < -0.39 is 0 Å². The molecule has 5 nitrogen and oxygen atoms in total. The number of rotatable bonds is 10. The summed E-state index contributed by atoms with van der Waals surface area (Å²) >= 11 is 0. The lowest BCUT2D eigenvalue weighted by Crippen LogP contribution is -2.49. The van der Waals surface area contributed by atoms with E-state index >= 15 is 0 Å². The van der Waals surface area contributed by atoms with Gasteiger partial charge in [-0.15, -0.1) is 0 Å². The van der Waals surface area contributed by atoms with Gasteiger partial charge in [0.15, 0.2) is 0 Å². The van der Waals surface area contributed by atoms with Gasteiger partial charge in [0.25, 0.3) is 0 Å². The second-order valence-corrected chi connectivity index (χ2v) is 5.45. The number of carbonyl (C=O) groups is 1. The van der Waals surface area contributed by atoms with Crippen LogP contribution in [0.5, 0.6) is 0 Å². The predicted molar refractivity (Wildman–Crippen MR) is 79.4 cm³/mol. The Morgan fingerprint density at radius 1 is 1.26 bits per heavy atom. The third kappa shape index (κ3) is 8.97. The van der Waals surface area contributed by atoms with Gasteiger partial charge >= 0.3 is 5.97 Å². The van der Waals surface area contributed by atoms with E-state index in [1.165, 1.54) is 7.11 Å². The summed E-state index contributed by atoms with van der Waals surface area (Å²) in [5.41, 5.74) is 0. The number of carbonyl (C=O) groups excluding carboxylic acids is 1. The normalized spacial score (nSPS) is 13.3. The number of methoxy groups -OCH3 is 1. The van der Waals surface area contributed by atoms with Gasteiger partial charge < -0.3 is 19.9 Å². The van der Waals surface area contributed by atoms with Crippen molar-refractivity contribution in [1.82, 2.24) is 15.1 Å². The van der Waals surface area contributed by atoms with Gasteiger partial charge in [0.05, 0.1) is 7.11 Å². The van der Waals surface area contributed by atoms with Crippen molar-refractivity contribution in [3.05, 3.63) is 0 Å². The first-order valence-electron chi connectivity index (χ1n) is 7.11. The van der Waals surface area contributed by atoms with E-state index in [-0.39, 0.29) is 18.1 Å². The first-order chi connectivity index (χ1) is 8.90. The molecular weight excluding hydrogens is 242 g/mol. The summed E-state index contributed by atoms with van der Waals surface area (Å²) in [6, 6.07) is 0.0221. The van der Waals surface area contributed by atoms with Crippen LogP contribution < -0.4 is 5.32 Å². The highest BCUT2D eigenvalue weighted by Gasteiger charge is 2.22. The molecule has 0 rings (SSSR count). The fourth-order valence-corrected chi connectivity index (χ4v) is 1.99. The van der Waals surface area contributed by atoms with E-state index in [4.69, 9.17) is 4.74 Å². The van der Waals surface area contributed by atoms with Crippen molar-refractivity contribution < 1.29 is 9.53 Å². The van der Waals surface area contributed by atoms with Gasteiger partial charge in [0, 0.05) is 12.6 Å².